The van der Waals surface area contributed by atoms with Gasteiger partial charge in [0.1, 0.15) is 5.75 Å². The molecule has 0 heterocycles. The molecule has 0 fully saturated rings. The van der Waals surface area contributed by atoms with Crippen LogP contribution in [0.5, 0.6) is 5.75 Å². The lowest BCUT2D eigenvalue weighted by molar-refractivity contribution is 0.0696. The van der Waals surface area contributed by atoms with Gasteiger partial charge in [-0.3, -0.25) is 0 Å². The highest BCUT2D eigenvalue weighted by Crippen LogP contribution is 2.36. The van der Waals surface area contributed by atoms with Gasteiger partial charge in [-0.1, -0.05) is 11.6 Å². The highest BCUT2D eigenvalue weighted by Gasteiger charge is 2.12. The summed E-state index contributed by atoms with van der Waals surface area (Å²) in [6.07, 6.45) is 0. The first kappa shape index (κ1) is 13.4. The molecule has 0 amide bonds. The molecule has 0 radical (unpaired) electrons. The molecule has 4 heteroatoms. The van der Waals surface area contributed by atoms with Crippen LogP contribution in [-0.2, 0) is 0 Å². The zero-order chi connectivity index (χ0) is 14.2. The lowest BCUT2D eigenvalue weighted by atomic mass is 9.98. The van der Waals surface area contributed by atoms with Gasteiger partial charge in [-0.05, 0) is 55.3 Å². The van der Waals surface area contributed by atoms with Crippen molar-refractivity contribution >= 4 is 17.6 Å². The van der Waals surface area contributed by atoms with Crippen molar-refractivity contribution in [2.75, 3.05) is 0 Å². The molecule has 0 aromatic heterocycles. The van der Waals surface area contributed by atoms with Gasteiger partial charge in [-0.15, -0.1) is 0 Å². The Balaban J connectivity index is 2.59. The standard InChI is InChI=1S/C15H13ClO3/c1-8-5-12(13(16)6-9(8)2)11-4-3-10(15(18)19)7-14(11)17/h3-7,17H,1-2H3,(H,18,19). The van der Waals surface area contributed by atoms with Crippen molar-refractivity contribution in [1.82, 2.24) is 0 Å². The van der Waals surface area contributed by atoms with Crippen LogP contribution in [0.3, 0.4) is 0 Å². The van der Waals surface area contributed by atoms with E-state index in [0.29, 0.717) is 16.1 Å². The molecule has 0 aliphatic heterocycles. The zero-order valence-corrected chi connectivity index (χ0v) is 11.3. The molecule has 98 valence electrons. The second-order valence-corrected chi connectivity index (χ2v) is 4.86. The van der Waals surface area contributed by atoms with Crippen LogP contribution in [0.25, 0.3) is 11.1 Å². The molecule has 19 heavy (non-hydrogen) atoms. The first-order valence-electron chi connectivity index (χ1n) is 5.73. The van der Waals surface area contributed by atoms with Crippen LogP contribution in [0, 0.1) is 13.8 Å². The Morgan fingerprint density at radius 2 is 1.68 bits per heavy atom. The number of rotatable bonds is 2. The molecule has 0 atom stereocenters. The lowest BCUT2D eigenvalue weighted by Crippen LogP contribution is -1.96. The quantitative estimate of drug-likeness (QED) is 0.871. The van der Waals surface area contributed by atoms with Gasteiger partial charge in [-0.25, -0.2) is 4.79 Å². The maximum Gasteiger partial charge on any atom is 0.335 e. The Bertz CT molecular complexity index is 663. The molecule has 2 rings (SSSR count). The van der Waals surface area contributed by atoms with Gasteiger partial charge in [0.05, 0.1) is 5.56 Å². The number of phenolic OH excluding ortho intramolecular Hbond substituents is 1. The van der Waals surface area contributed by atoms with Gasteiger partial charge in [0.2, 0.25) is 0 Å². The molecule has 0 aliphatic carbocycles. The predicted molar refractivity (Wildman–Crippen MR) is 75.0 cm³/mol. The third-order valence-electron chi connectivity index (χ3n) is 3.12. The van der Waals surface area contributed by atoms with Crippen LogP contribution in [0.1, 0.15) is 21.5 Å². The molecule has 0 saturated carbocycles. The number of halogens is 1. The largest absolute Gasteiger partial charge is 0.507 e. The maximum absolute atomic E-state index is 10.8. The first-order valence-corrected chi connectivity index (χ1v) is 6.11. The van der Waals surface area contributed by atoms with Crippen molar-refractivity contribution in [1.29, 1.82) is 0 Å². The van der Waals surface area contributed by atoms with E-state index in [1.54, 1.807) is 6.07 Å². The van der Waals surface area contributed by atoms with Crippen molar-refractivity contribution < 1.29 is 15.0 Å². The Morgan fingerprint density at radius 3 is 2.26 bits per heavy atom. The monoisotopic (exact) mass is 276 g/mol. The van der Waals surface area contributed by atoms with Crippen LogP contribution in [0.2, 0.25) is 5.02 Å². The Morgan fingerprint density at radius 1 is 1.05 bits per heavy atom. The summed E-state index contributed by atoms with van der Waals surface area (Å²) < 4.78 is 0. The van der Waals surface area contributed by atoms with Gasteiger partial charge < -0.3 is 10.2 Å². The van der Waals surface area contributed by atoms with E-state index < -0.39 is 5.97 Å². The highest BCUT2D eigenvalue weighted by molar-refractivity contribution is 6.33. The Labute approximate surface area is 116 Å². The van der Waals surface area contributed by atoms with Crippen molar-refractivity contribution in [3.8, 4) is 16.9 Å². The molecular weight excluding hydrogens is 264 g/mol. The molecule has 2 aromatic rings. The molecule has 0 spiro atoms. The number of aromatic carboxylic acids is 1. The molecule has 0 unspecified atom stereocenters. The van der Waals surface area contributed by atoms with Gasteiger partial charge in [0.25, 0.3) is 0 Å². The highest BCUT2D eigenvalue weighted by atomic mass is 35.5. The normalized spacial score (nSPS) is 10.5. The van der Waals surface area contributed by atoms with E-state index in [9.17, 15) is 9.90 Å². The predicted octanol–water partition coefficient (Wildman–Crippen LogP) is 4.03. The fourth-order valence-corrected chi connectivity index (χ4v) is 2.20. The topological polar surface area (TPSA) is 57.5 Å². The van der Waals surface area contributed by atoms with E-state index in [4.69, 9.17) is 16.7 Å². The second-order valence-electron chi connectivity index (χ2n) is 4.45. The molecular formula is C15H13ClO3. The third kappa shape index (κ3) is 2.56. The number of aryl methyl sites for hydroxylation is 2. The summed E-state index contributed by atoms with van der Waals surface area (Å²) in [5.74, 6) is -1.17. The van der Waals surface area contributed by atoms with Crippen LogP contribution < -0.4 is 0 Å². The molecule has 2 N–H and O–H groups in total. The van der Waals surface area contributed by atoms with E-state index in [-0.39, 0.29) is 11.3 Å². The number of hydrogen-bond acceptors (Lipinski definition) is 2. The van der Waals surface area contributed by atoms with Crippen molar-refractivity contribution in [3.05, 3.63) is 52.0 Å². The van der Waals surface area contributed by atoms with Crippen molar-refractivity contribution in [2.24, 2.45) is 0 Å². The number of aromatic hydroxyl groups is 1. The van der Waals surface area contributed by atoms with Crippen molar-refractivity contribution in [3.63, 3.8) is 0 Å². The summed E-state index contributed by atoms with van der Waals surface area (Å²) in [6, 6.07) is 7.95. The Hall–Kier alpha value is -2.00. The van der Waals surface area contributed by atoms with E-state index in [2.05, 4.69) is 0 Å². The average molecular weight is 277 g/mol. The minimum Gasteiger partial charge on any atom is -0.507 e. The van der Waals surface area contributed by atoms with Crippen LogP contribution in [0.4, 0.5) is 0 Å². The summed E-state index contributed by atoms with van der Waals surface area (Å²) >= 11 is 6.18. The number of carbonyl (C=O) groups is 1. The number of carboxylic acids is 1. The number of phenols is 1. The minimum atomic E-state index is -1.08. The van der Waals surface area contributed by atoms with E-state index in [1.165, 1.54) is 12.1 Å². The second kappa shape index (κ2) is 4.94. The SMILES string of the molecule is Cc1cc(Cl)c(-c2ccc(C(=O)O)cc2O)cc1C. The van der Waals surface area contributed by atoms with Gasteiger partial charge >= 0.3 is 5.97 Å². The maximum atomic E-state index is 10.8. The number of benzene rings is 2. The lowest BCUT2D eigenvalue weighted by Gasteiger charge is -2.10. The molecule has 0 saturated heterocycles. The summed E-state index contributed by atoms with van der Waals surface area (Å²) in [7, 11) is 0. The van der Waals surface area contributed by atoms with E-state index >= 15 is 0 Å². The number of carboxylic acid groups (broad SMARTS) is 1. The van der Waals surface area contributed by atoms with Crippen LogP contribution in [-0.4, -0.2) is 16.2 Å². The molecule has 3 nitrogen and oxygen atoms in total. The summed E-state index contributed by atoms with van der Waals surface area (Å²) in [5.41, 5.74) is 3.38. The van der Waals surface area contributed by atoms with Crippen molar-refractivity contribution in [2.45, 2.75) is 13.8 Å². The van der Waals surface area contributed by atoms with Gasteiger partial charge in [0.15, 0.2) is 0 Å². The smallest absolute Gasteiger partial charge is 0.335 e. The van der Waals surface area contributed by atoms with E-state index in [0.717, 1.165) is 11.1 Å². The molecule has 2 aromatic carbocycles. The zero-order valence-electron chi connectivity index (χ0n) is 10.6. The van der Waals surface area contributed by atoms with Gasteiger partial charge in [0, 0.05) is 16.1 Å². The van der Waals surface area contributed by atoms with E-state index in [1.807, 2.05) is 26.0 Å². The van der Waals surface area contributed by atoms with Crippen LogP contribution in [0.15, 0.2) is 30.3 Å². The molecule has 0 bridgehead atoms. The number of hydrogen-bond donors (Lipinski definition) is 2. The fraction of sp³-hybridized carbons (Fsp3) is 0.133. The third-order valence-corrected chi connectivity index (χ3v) is 3.43. The first-order chi connectivity index (χ1) is 8.90. The average Bonchev–Trinajstić information content (AvgIpc) is 2.34. The summed E-state index contributed by atoms with van der Waals surface area (Å²) in [4.78, 5) is 10.8. The summed E-state index contributed by atoms with van der Waals surface area (Å²) in [5, 5.41) is 19.4. The summed E-state index contributed by atoms with van der Waals surface area (Å²) in [6.45, 7) is 3.91. The van der Waals surface area contributed by atoms with Crippen LogP contribution >= 0.6 is 11.6 Å². The minimum absolute atomic E-state index is 0.0428. The molecule has 0 aliphatic rings. The fourth-order valence-electron chi connectivity index (χ4n) is 1.88. The van der Waals surface area contributed by atoms with Gasteiger partial charge in [-0.2, -0.15) is 0 Å². The Kier molecular flexibility index (Phi) is 3.49.